The molecule has 8 nitrogen and oxygen atoms in total. The number of nitrogens with one attached hydrogen (secondary N) is 3. The van der Waals surface area contributed by atoms with Gasteiger partial charge in [-0.05, 0) is 37.1 Å². The van der Waals surface area contributed by atoms with Crippen LogP contribution in [0.3, 0.4) is 0 Å². The van der Waals surface area contributed by atoms with Crippen molar-refractivity contribution in [1.29, 1.82) is 5.26 Å². The van der Waals surface area contributed by atoms with Gasteiger partial charge in [0.25, 0.3) is 5.91 Å². The van der Waals surface area contributed by atoms with E-state index in [0.29, 0.717) is 21.8 Å². The molecule has 2 heterocycles. The molecule has 0 aliphatic heterocycles. The normalized spacial score (nSPS) is 12.2. The summed E-state index contributed by atoms with van der Waals surface area (Å²) in [6.45, 7) is 2.11. The van der Waals surface area contributed by atoms with Crippen LogP contribution in [0.4, 0.5) is 19.1 Å². The Balaban J connectivity index is 1.94. The Hall–Kier alpha value is -3.62. The number of amides is 1. The van der Waals surface area contributed by atoms with E-state index in [1.807, 2.05) is 6.07 Å². The van der Waals surface area contributed by atoms with Gasteiger partial charge < -0.3 is 21.4 Å². The first-order valence-corrected chi connectivity index (χ1v) is 10.5. The highest BCUT2D eigenvalue weighted by molar-refractivity contribution is 6.30. The fraction of sp³-hybridized carbons (Fsp3) is 0.273. The quantitative estimate of drug-likeness (QED) is 0.394. The molecule has 0 saturated carbocycles. The van der Waals surface area contributed by atoms with Crippen LogP contribution < -0.4 is 16.4 Å². The number of hydrogen-bond acceptors (Lipinski definition) is 6. The van der Waals surface area contributed by atoms with Gasteiger partial charge in [-0.1, -0.05) is 23.7 Å². The van der Waals surface area contributed by atoms with Gasteiger partial charge in [0.15, 0.2) is 0 Å². The fourth-order valence-electron chi connectivity index (χ4n) is 3.48. The van der Waals surface area contributed by atoms with Gasteiger partial charge in [0, 0.05) is 22.8 Å². The van der Waals surface area contributed by atoms with E-state index < -0.39 is 24.7 Å². The summed E-state index contributed by atoms with van der Waals surface area (Å²) in [5.74, 6) is -0.744. The lowest BCUT2D eigenvalue weighted by Gasteiger charge is -2.17. The van der Waals surface area contributed by atoms with Crippen LogP contribution in [0.5, 0.6) is 0 Å². The topological polar surface area (TPSA) is 133 Å². The van der Waals surface area contributed by atoms with Crippen molar-refractivity contribution in [3.63, 3.8) is 0 Å². The Morgan fingerprint density at radius 1 is 1.35 bits per heavy atom. The lowest BCUT2D eigenvalue weighted by Crippen LogP contribution is -2.34. The van der Waals surface area contributed by atoms with Crippen molar-refractivity contribution in [3.8, 4) is 17.3 Å². The molecular weight excluding hydrogens is 471 g/mol. The zero-order valence-electron chi connectivity index (χ0n) is 18.2. The summed E-state index contributed by atoms with van der Waals surface area (Å²) in [4.78, 5) is 23.9. The average Bonchev–Trinajstić information content (AvgIpc) is 3.09. The highest BCUT2D eigenvalue weighted by atomic mass is 35.5. The summed E-state index contributed by atoms with van der Waals surface area (Å²) in [6.07, 6.45) is -3.33. The molecule has 3 rings (SSSR count). The number of halogens is 4. The summed E-state index contributed by atoms with van der Waals surface area (Å²) in [7, 11) is 0. The first kappa shape index (κ1) is 25.0. The van der Waals surface area contributed by atoms with E-state index in [1.54, 1.807) is 38.1 Å². The van der Waals surface area contributed by atoms with Crippen LogP contribution >= 0.6 is 11.6 Å². The number of anilines is 1. The molecule has 0 bridgehead atoms. The summed E-state index contributed by atoms with van der Waals surface area (Å²) < 4.78 is 37.7. The van der Waals surface area contributed by atoms with Crippen molar-refractivity contribution < 1.29 is 18.0 Å². The van der Waals surface area contributed by atoms with Crippen molar-refractivity contribution in [3.05, 3.63) is 63.6 Å². The molecule has 1 atom stereocenters. The third-order valence-corrected chi connectivity index (χ3v) is 5.28. The smallest absolute Gasteiger partial charge is 0.354 e. The molecule has 12 heteroatoms. The molecule has 0 spiro atoms. The maximum atomic E-state index is 13.1. The van der Waals surface area contributed by atoms with Gasteiger partial charge >= 0.3 is 6.18 Å². The second-order valence-corrected chi connectivity index (χ2v) is 7.91. The van der Waals surface area contributed by atoms with Gasteiger partial charge in [-0.25, -0.2) is 9.97 Å². The van der Waals surface area contributed by atoms with Gasteiger partial charge in [0.2, 0.25) is 5.95 Å². The fourth-order valence-corrected chi connectivity index (χ4v) is 3.68. The molecule has 0 saturated heterocycles. The van der Waals surface area contributed by atoms with Crippen LogP contribution in [-0.4, -0.2) is 40.1 Å². The van der Waals surface area contributed by atoms with Crippen LogP contribution in [0.15, 0.2) is 30.5 Å². The number of aromatic nitrogens is 3. The summed E-state index contributed by atoms with van der Waals surface area (Å²) in [5.41, 5.74) is 8.34. The number of nitriles is 1. The van der Waals surface area contributed by atoms with Crippen LogP contribution in [0.1, 0.15) is 38.9 Å². The van der Waals surface area contributed by atoms with E-state index in [-0.39, 0.29) is 29.4 Å². The summed E-state index contributed by atoms with van der Waals surface area (Å²) >= 11 is 6.04. The average molecular weight is 492 g/mol. The van der Waals surface area contributed by atoms with Gasteiger partial charge in [0.1, 0.15) is 18.3 Å². The number of carbonyl (C=O) groups is 1. The Bertz CT molecular complexity index is 1250. The number of hydrogen-bond donors (Lipinski definition) is 4. The van der Waals surface area contributed by atoms with Gasteiger partial charge in [-0.3, -0.25) is 4.79 Å². The number of nitrogens with zero attached hydrogens (tertiary/aromatic N) is 3. The van der Waals surface area contributed by atoms with Crippen LogP contribution in [0.25, 0.3) is 11.3 Å². The second kappa shape index (κ2) is 10.1. The van der Waals surface area contributed by atoms with Gasteiger partial charge in [-0.15, -0.1) is 0 Å². The third kappa shape index (κ3) is 5.65. The minimum absolute atomic E-state index is 0.0495. The number of aryl methyl sites for hydroxylation is 1. The Morgan fingerprint density at radius 2 is 2.09 bits per heavy atom. The van der Waals surface area contributed by atoms with Gasteiger partial charge in [-0.2, -0.15) is 18.4 Å². The molecule has 0 radical (unpaired) electrons. The molecule has 0 fully saturated rings. The SMILES string of the molecule is Cc1[nH]c(C(=O)N[C@H](CN)c2cccc(Cl)c2)c(C)c1-c1nc(NCC(F)(F)F)ncc1C#N. The molecule has 5 N–H and O–H groups in total. The number of aromatic amines is 1. The molecule has 0 aliphatic carbocycles. The Morgan fingerprint density at radius 3 is 2.71 bits per heavy atom. The molecule has 1 aromatic carbocycles. The number of rotatable bonds is 7. The second-order valence-electron chi connectivity index (χ2n) is 7.48. The third-order valence-electron chi connectivity index (χ3n) is 5.05. The zero-order chi connectivity index (χ0) is 25.0. The van der Waals surface area contributed by atoms with Crippen LogP contribution in [-0.2, 0) is 0 Å². The molecule has 2 aromatic heterocycles. The van der Waals surface area contributed by atoms with Gasteiger partial charge in [0.05, 0.1) is 23.5 Å². The predicted molar refractivity (Wildman–Crippen MR) is 121 cm³/mol. The highest BCUT2D eigenvalue weighted by Gasteiger charge is 2.28. The maximum absolute atomic E-state index is 13.1. The monoisotopic (exact) mass is 491 g/mol. The number of alkyl halides is 3. The number of carbonyl (C=O) groups excluding carboxylic acids is 1. The largest absolute Gasteiger partial charge is 0.405 e. The Labute approximate surface area is 198 Å². The minimum Gasteiger partial charge on any atom is -0.354 e. The van der Waals surface area contributed by atoms with Crippen molar-refractivity contribution in [2.24, 2.45) is 5.73 Å². The van der Waals surface area contributed by atoms with E-state index in [4.69, 9.17) is 17.3 Å². The van der Waals surface area contributed by atoms with Crippen LogP contribution in [0.2, 0.25) is 5.02 Å². The maximum Gasteiger partial charge on any atom is 0.405 e. The molecule has 178 valence electrons. The zero-order valence-corrected chi connectivity index (χ0v) is 19.0. The number of nitrogens with two attached hydrogens (primary N) is 1. The van der Waals surface area contributed by atoms with Crippen molar-refractivity contribution >= 4 is 23.5 Å². The van der Waals surface area contributed by atoms with E-state index in [9.17, 15) is 23.2 Å². The standard InChI is InChI=1S/C22H21ClF3N7O/c1-11-17(19-14(7-27)9-29-21(33-19)30-10-22(24,25)26)12(2)31-18(11)20(34)32-16(8-28)13-4-3-5-15(23)6-13/h3-6,9,16,31H,8,10,28H2,1-2H3,(H,32,34)(H,29,30,33)/t16-/m1/s1. The van der Waals surface area contributed by atoms with E-state index in [0.717, 1.165) is 11.8 Å². The van der Waals surface area contributed by atoms with Crippen molar-refractivity contribution in [2.45, 2.75) is 26.1 Å². The molecule has 34 heavy (non-hydrogen) atoms. The molecule has 3 aromatic rings. The van der Waals surface area contributed by atoms with Crippen molar-refractivity contribution in [1.82, 2.24) is 20.3 Å². The van der Waals surface area contributed by atoms with E-state index in [2.05, 4.69) is 25.6 Å². The first-order valence-electron chi connectivity index (χ1n) is 10.1. The predicted octanol–water partition coefficient (Wildman–Crippen LogP) is 4.02. The summed E-state index contributed by atoms with van der Waals surface area (Å²) in [5, 5.41) is 14.9. The highest BCUT2D eigenvalue weighted by Crippen LogP contribution is 2.31. The molecular formula is C22H21ClF3N7O. The summed E-state index contributed by atoms with van der Waals surface area (Å²) in [6, 6.07) is 8.37. The molecule has 0 unspecified atom stereocenters. The number of benzene rings is 1. The van der Waals surface area contributed by atoms with E-state index >= 15 is 0 Å². The lowest BCUT2D eigenvalue weighted by molar-refractivity contribution is -0.115. The van der Waals surface area contributed by atoms with E-state index in [1.165, 1.54) is 0 Å². The first-order chi connectivity index (χ1) is 16.0. The minimum atomic E-state index is -4.47. The number of H-pyrrole nitrogens is 1. The molecule has 1 amide bonds. The Kier molecular flexibility index (Phi) is 7.44. The lowest BCUT2D eigenvalue weighted by atomic mass is 10.0. The van der Waals surface area contributed by atoms with Crippen LogP contribution in [0, 0.1) is 25.2 Å². The molecule has 0 aliphatic rings. The van der Waals surface area contributed by atoms with Crippen molar-refractivity contribution in [2.75, 3.05) is 18.4 Å².